The van der Waals surface area contributed by atoms with Crippen LogP contribution in [0.25, 0.3) is 11.1 Å². The Morgan fingerprint density at radius 1 is 1.08 bits per heavy atom. The van der Waals surface area contributed by atoms with Gasteiger partial charge in [-0.1, -0.05) is 48.5 Å². The Labute approximate surface area is 151 Å². The number of carboxylic acid groups (broad SMARTS) is 1. The summed E-state index contributed by atoms with van der Waals surface area (Å²) in [4.78, 5) is 23.8. The largest absolute Gasteiger partial charge is 0.479 e. The molecule has 26 heavy (non-hydrogen) atoms. The quantitative estimate of drug-likeness (QED) is 0.583. The molecule has 0 amide bonds. The van der Waals surface area contributed by atoms with Gasteiger partial charge in [-0.05, 0) is 29.2 Å². The molecule has 0 aliphatic heterocycles. The Bertz CT molecular complexity index is 789. The summed E-state index contributed by atoms with van der Waals surface area (Å²) in [6.07, 6.45) is 0. The number of hydrogen-bond acceptors (Lipinski definition) is 5. The number of hydrogen-bond donors (Lipinski definition) is 2. The van der Waals surface area contributed by atoms with E-state index in [4.69, 9.17) is 15.2 Å². The zero-order chi connectivity index (χ0) is 18.7. The monoisotopic (exact) mass is 355 g/mol. The minimum atomic E-state index is -2.21. The molecule has 2 aromatic rings. The van der Waals surface area contributed by atoms with Crippen LogP contribution in [0, 0.1) is 0 Å². The third-order valence-corrected chi connectivity index (χ3v) is 4.62. The smallest absolute Gasteiger partial charge is 0.340 e. The van der Waals surface area contributed by atoms with Crippen molar-refractivity contribution in [3.63, 3.8) is 0 Å². The fourth-order valence-electron chi connectivity index (χ4n) is 3.20. The first-order chi connectivity index (χ1) is 12.5. The van der Waals surface area contributed by atoms with E-state index in [2.05, 4.69) is 0 Å². The average Bonchev–Trinajstić information content (AvgIpc) is 2.98. The molecule has 3 N–H and O–H groups in total. The second-order valence-electron chi connectivity index (χ2n) is 6.24. The maximum absolute atomic E-state index is 12.4. The lowest BCUT2D eigenvalue weighted by molar-refractivity contribution is -0.164. The summed E-state index contributed by atoms with van der Waals surface area (Å²) in [7, 11) is 0. The minimum absolute atomic E-state index is 0.0191. The topological polar surface area (TPSA) is 98.9 Å². The maximum atomic E-state index is 12.4. The molecule has 3 rings (SSSR count). The molecule has 136 valence electrons. The van der Waals surface area contributed by atoms with Gasteiger partial charge in [0.2, 0.25) is 5.54 Å². The number of rotatable bonds is 7. The van der Waals surface area contributed by atoms with Gasteiger partial charge in [0.1, 0.15) is 6.61 Å². The van der Waals surface area contributed by atoms with Crippen molar-refractivity contribution in [2.24, 2.45) is 5.73 Å². The number of carbonyl (C=O) groups is 2. The number of ether oxygens (including phenoxy) is 2. The zero-order valence-electron chi connectivity index (χ0n) is 14.5. The Hall–Kier alpha value is -2.70. The van der Waals surface area contributed by atoms with Crippen LogP contribution in [-0.2, 0) is 19.1 Å². The van der Waals surface area contributed by atoms with Crippen molar-refractivity contribution in [2.75, 3.05) is 19.8 Å². The van der Waals surface area contributed by atoms with E-state index in [-0.39, 0.29) is 19.1 Å². The molecular weight excluding hydrogens is 334 g/mol. The van der Waals surface area contributed by atoms with Gasteiger partial charge < -0.3 is 20.3 Å². The van der Waals surface area contributed by atoms with Crippen molar-refractivity contribution in [3.05, 3.63) is 59.7 Å². The van der Waals surface area contributed by atoms with Crippen molar-refractivity contribution >= 4 is 11.9 Å². The highest BCUT2D eigenvalue weighted by molar-refractivity contribution is 6.04. The summed E-state index contributed by atoms with van der Waals surface area (Å²) in [6, 6.07) is 15.8. The van der Waals surface area contributed by atoms with E-state index < -0.39 is 24.1 Å². The lowest BCUT2D eigenvalue weighted by Crippen LogP contribution is -2.59. The van der Waals surface area contributed by atoms with E-state index in [1.165, 1.54) is 0 Å². The van der Waals surface area contributed by atoms with Gasteiger partial charge in [0.15, 0.2) is 0 Å². The van der Waals surface area contributed by atoms with Gasteiger partial charge in [0, 0.05) is 12.5 Å². The van der Waals surface area contributed by atoms with Crippen LogP contribution in [0.4, 0.5) is 0 Å². The SMILES string of the molecule is CCOC[C@](N)(C(=O)O)C(=O)OCC1c2ccccc2-c2ccccc21. The third-order valence-electron chi connectivity index (χ3n) is 4.62. The highest BCUT2D eigenvalue weighted by Crippen LogP contribution is 2.44. The van der Waals surface area contributed by atoms with E-state index in [0.29, 0.717) is 0 Å². The summed E-state index contributed by atoms with van der Waals surface area (Å²) < 4.78 is 10.4. The van der Waals surface area contributed by atoms with Gasteiger partial charge in [0.05, 0.1) is 6.61 Å². The van der Waals surface area contributed by atoms with Crippen LogP contribution in [0.3, 0.4) is 0 Å². The van der Waals surface area contributed by atoms with E-state index >= 15 is 0 Å². The summed E-state index contributed by atoms with van der Waals surface area (Å²) in [6.45, 7) is 1.53. The van der Waals surface area contributed by atoms with Gasteiger partial charge in [-0.3, -0.25) is 0 Å². The van der Waals surface area contributed by atoms with E-state index in [1.54, 1.807) is 6.92 Å². The highest BCUT2D eigenvalue weighted by Gasteiger charge is 2.45. The lowest BCUT2D eigenvalue weighted by Gasteiger charge is -2.23. The van der Waals surface area contributed by atoms with Crippen molar-refractivity contribution in [1.29, 1.82) is 0 Å². The van der Waals surface area contributed by atoms with Crippen LogP contribution in [-0.4, -0.2) is 42.4 Å². The summed E-state index contributed by atoms with van der Waals surface area (Å²) in [5, 5.41) is 9.33. The van der Waals surface area contributed by atoms with Crippen LogP contribution in [0.15, 0.2) is 48.5 Å². The molecule has 1 aliphatic carbocycles. The number of carbonyl (C=O) groups excluding carboxylic acids is 1. The molecule has 0 saturated heterocycles. The molecule has 0 aromatic heterocycles. The van der Waals surface area contributed by atoms with Crippen molar-refractivity contribution in [2.45, 2.75) is 18.4 Å². The molecule has 0 spiro atoms. The minimum Gasteiger partial charge on any atom is -0.479 e. The van der Waals surface area contributed by atoms with Crippen LogP contribution in [0.2, 0.25) is 0 Å². The van der Waals surface area contributed by atoms with Crippen LogP contribution >= 0.6 is 0 Å². The highest BCUT2D eigenvalue weighted by atomic mass is 16.5. The molecule has 0 radical (unpaired) electrons. The van der Waals surface area contributed by atoms with Gasteiger partial charge in [0.25, 0.3) is 0 Å². The molecule has 0 bridgehead atoms. The molecule has 0 heterocycles. The van der Waals surface area contributed by atoms with Crippen molar-refractivity contribution < 1.29 is 24.2 Å². The molecule has 6 nitrogen and oxygen atoms in total. The Morgan fingerprint density at radius 3 is 2.12 bits per heavy atom. The molecule has 0 fully saturated rings. The van der Waals surface area contributed by atoms with Crippen molar-refractivity contribution in [3.8, 4) is 11.1 Å². The molecule has 1 atom stereocenters. The number of esters is 1. The third kappa shape index (κ3) is 3.09. The molecule has 0 saturated carbocycles. The summed E-state index contributed by atoms with van der Waals surface area (Å²) >= 11 is 0. The van der Waals surface area contributed by atoms with Gasteiger partial charge in [-0.2, -0.15) is 0 Å². The molecule has 0 unspecified atom stereocenters. The summed E-state index contributed by atoms with van der Waals surface area (Å²) in [5.74, 6) is -2.63. The number of carboxylic acids is 1. The molecule has 6 heteroatoms. The fourth-order valence-corrected chi connectivity index (χ4v) is 3.20. The van der Waals surface area contributed by atoms with Crippen LogP contribution in [0.5, 0.6) is 0 Å². The molecule has 1 aliphatic rings. The second kappa shape index (κ2) is 7.27. The van der Waals surface area contributed by atoms with Crippen LogP contribution < -0.4 is 5.73 Å². The van der Waals surface area contributed by atoms with Gasteiger partial charge in [-0.25, -0.2) is 9.59 Å². The first-order valence-electron chi connectivity index (χ1n) is 8.44. The Morgan fingerprint density at radius 2 is 1.62 bits per heavy atom. The Kier molecular flexibility index (Phi) is 5.06. The lowest BCUT2D eigenvalue weighted by atomic mass is 9.97. The zero-order valence-corrected chi connectivity index (χ0v) is 14.5. The predicted molar refractivity (Wildman–Crippen MR) is 95.7 cm³/mol. The fraction of sp³-hybridized carbons (Fsp3) is 0.300. The average molecular weight is 355 g/mol. The van der Waals surface area contributed by atoms with Gasteiger partial charge >= 0.3 is 11.9 Å². The first kappa shape index (κ1) is 18.1. The predicted octanol–water partition coefficient (Wildman–Crippen LogP) is 2.16. The Balaban J connectivity index is 1.81. The standard InChI is InChI=1S/C20H21NO5/c1-2-25-12-20(21,18(22)23)19(24)26-11-17-15-9-5-3-7-13(15)14-8-4-6-10-16(14)17/h3-10,17H,2,11-12,21H2,1H3,(H,22,23)/t20-/m0/s1. The summed E-state index contributed by atoms with van der Waals surface area (Å²) in [5.41, 5.74) is 7.81. The first-order valence-corrected chi connectivity index (χ1v) is 8.44. The number of nitrogens with two attached hydrogens (primary N) is 1. The van der Waals surface area contributed by atoms with Crippen LogP contribution in [0.1, 0.15) is 24.0 Å². The van der Waals surface area contributed by atoms with E-state index in [9.17, 15) is 14.7 Å². The number of fused-ring (bicyclic) bond motifs is 3. The number of aliphatic carboxylic acids is 1. The van der Waals surface area contributed by atoms with Gasteiger partial charge in [-0.15, -0.1) is 0 Å². The normalized spacial score (nSPS) is 15.0. The molecular formula is C20H21NO5. The van der Waals surface area contributed by atoms with E-state index in [0.717, 1.165) is 22.3 Å². The molecule has 2 aromatic carbocycles. The van der Waals surface area contributed by atoms with E-state index in [1.807, 2.05) is 48.5 Å². The number of benzene rings is 2. The van der Waals surface area contributed by atoms with Crippen molar-refractivity contribution in [1.82, 2.24) is 0 Å². The second-order valence-corrected chi connectivity index (χ2v) is 6.24. The maximum Gasteiger partial charge on any atom is 0.340 e.